The monoisotopic (exact) mass is 868 g/mol. The number of benzene rings is 11. The van der Waals surface area contributed by atoms with Gasteiger partial charge < -0.3 is 9.47 Å². The van der Waals surface area contributed by atoms with Crippen LogP contribution in [0.4, 0.5) is 17.1 Å². The molecule has 1 heterocycles. The molecule has 11 aromatic carbocycles. The van der Waals surface area contributed by atoms with Crippen molar-refractivity contribution in [2.45, 2.75) is 26.2 Å². The fourth-order valence-corrected chi connectivity index (χ4v) is 11.4. The van der Waals surface area contributed by atoms with Gasteiger partial charge >= 0.3 is 0 Å². The van der Waals surface area contributed by atoms with Crippen molar-refractivity contribution < 1.29 is 0 Å². The Morgan fingerprint density at radius 1 is 0.382 bits per heavy atom. The van der Waals surface area contributed by atoms with E-state index in [0.29, 0.717) is 0 Å². The van der Waals surface area contributed by atoms with Gasteiger partial charge in [-0.05, 0) is 139 Å². The summed E-state index contributed by atoms with van der Waals surface area (Å²) < 4.78 is 2.45. The van der Waals surface area contributed by atoms with Crippen LogP contribution in [0.1, 0.15) is 30.5 Å². The van der Waals surface area contributed by atoms with E-state index in [-0.39, 0.29) is 5.41 Å². The van der Waals surface area contributed by atoms with Crippen LogP contribution in [0.5, 0.6) is 0 Å². The van der Waals surface area contributed by atoms with Crippen LogP contribution in [0.25, 0.3) is 93.5 Å². The lowest BCUT2D eigenvalue weighted by molar-refractivity contribution is 0.661. The Kier molecular flexibility index (Phi) is 9.13. The molecule has 0 saturated heterocycles. The Morgan fingerprint density at radius 3 is 1.81 bits per heavy atom. The van der Waals surface area contributed by atoms with Gasteiger partial charge in [-0.25, -0.2) is 0 Å². The number of hydrogen-bond donors (Lipinski definition) is 0. The van der Waals surface area contributed by atoms with E-state index >= 15 is 0 Å². The summed E-state index contributed by atoms with van der Waals surface area (Å²) in [7, 11) is 0. The summed E-state index contributed by atoms with van der Waals surface area (Å²) >= 11 is 0. The van der Waals surface area contributed by atoms with E-state index in [1.165, 1.54) is 99.0 Å². The van der Waals surface area contributed by atoms with Crippen molar-refractivity contribution >= 4 is 60.4 Å². The first kappa shape index (κ1) is 39.9. The molecule has 2 nitrogen and oxygen atoms in total. The molecule has 1 aliphatic carbocycles. The second-order valence-corrected chi connectivity index (χ2v) is 19.0. The predicted octanol–water partition coefficient (Wildman–Crippen LogP) is 18.2. The largest absolute Gasteiger partial charge is 0.310 e. The number of anilines is 3. The molecule has 0 saturated carbocycles. The number of para-hydroxylation sites is 1. The van der Waals surface area contributed by atoms with Gasteiger partial charge in [0.1, 0.15) is 0 Å². The highest BCUT2D eigenvalue weighted by Crippen LogP contribution is 2.54. The first-order valence-electron chi connectivity index (χ1n) is 23.8. The average molecular weight is 869 g/mol. The Hall–Kier alpha value is -8.46. The van der Waals surface area contributed by atoms with E-state index in [0.717, 1.165) is 28.3 Å². The third kappa shape index (κ3) is 6.25. The lowest BCUT2D eigenvalue weighted by Crippen LogP contribution is -2.16. The molecule has 68 heavy (non-hydrogen) atoms. The molecular weight excluding hydrogens is 821 g/mol. The Balaban J connectivity index is 0.978. The van der Waals surface area contributed by atoms with E-state index in [1.54, 1.807) is 0 Å². The predicted molar refractivity (Wildman–Crippen MR) is 289 cm³/mol. The van der Waals surface area contributed by atoms with Gasteiger partial charge in [-0.15, -0.1) is 0 Å². The molecule has 0 unspecified atom stereocenters. The number of nitrogens with zero attached hydrogens (tertiary/aromatic N) is 2. The molecule has 0 atom stereocenters. The van der Waals surface area contributed by atoms with E-state index in [9.17, 15) is 0 Å². The molecule has 0 N–H and O–H groups in total. The van der Waals surface area contributed by atoms with Gasteiger partial charge in [0.15, 0.2) is 0 Å². The summed E-state index contributed by atoms with van der Waals surface area (Å²) in [5.74, 6) is 0. The number of fused-ring (bicyclic) bond motifs is 9. The molecule has 1 aliphatic rings. The molecular formula is C66H48N2. The second kappa shape index (κ2) is 15.6. The molecule has 1 aromatic heterocycles. The van der Waals surface area contributed by atoms with Crippen LogP contribution in [0.2, 0.25) is 0 Å². The van der Waals surface area contributed by atoms with E-state index in [2.05, 4.69) is 267 Å². The van der Waals surface area contributed by atoms with Gasteiger partial charge in [0.25, 0.3) is 0 Å². The Labute approximate surface area is 397 Å². The highest BCUT2D eigenvalue weighted by atomic mass is 15.1. The molecule has 0 spiro atoms. The van der Waals surface area contributed by atoms with Crippen molar-refractivity contribution in [1.82, 2.24) is 4.57 Å². The zero-order valence-corrected chi connectivity index (χ0v) is 38.4. The van der Waals surface area contributed by atoms with Crippen LogP contribution < -0.4 is 4.90 Å². The summed E-state index contributed by atoms with van der Waals surface area (Å²) in [4.78, 5) is 2.49. The van der Waals surface area contributed by atoms with E-state index in [1.807, 2.05) is 0 Å². The molecule has 0 bridgehead atoms. The van der Waals surface area contributed by atoms with Gasteiger partial charge in [0, 0.05) is 33.2 Å². The van der Waals surface area contributed by atoms with Gasteiger partial charge in [0.2, 0.25) is 0 Å². The number of aromatic nitrogens is 1. The minimum atomic E-state index is -0.186. The zero-order valence-electron chi connectivity index (χ0n) is 38.4. The fourth-order valence-electron chi connectivity index (χ4n) is 11.4. The first-order chi connectivity index (χ1) is 33.4. The topological polar surface area (TPSA) is 8.17 Å². The number of aryl methyl sites for hydroxylation is 1. The van der Waals surface area contributed by atoms with Crippen LogP contribution in [0.15, 0.2) is 237 Å². The van der Waals surface area contributed by atoms with Crippen molar-refractivity contribution in [3.8, 4) is 50.2 Å². The zero-order chi connectivity index (χ0) is 45.5. The van der Waals surface area contributed by atoms with Crippen LogP contribution in [-0.4, -0.2) is 4.57 Å². The van der Waals surface area contributed by atoms with E-state index < -0.39 is 0 Å². The quantitative estimate of drug-likeness (QED) is 0.155. The molecule has 0 fully saturated rings. The summed E-state index contributed by atoms with van der Waals surface area (Å²) in [5.41, 5.74) is 20.6. The van der Waals surface area contributed by atoms with Crippen LogP contribution in [-0.2, 0) is 5.41 Å². The van der Waals surface area contributed by atoms with Crippen LogP contribution in [0, 0.1) is 6.92 Å². The van der Waals surface area contributed by atoms with Crippen LogP contribution in [0.3, 0.4) is 0 Å². The maximum atomic E-state index is 2.49. The van der Waals surface area contributed by atoms with Crippen molar-refractivity contribution in [3.63, 3.8) is 0 Å². The lowest BCUT2D eigenvalue weighted by atomic mass is 9.82. The average Bonchev–Trinajstić information content (AvgIpc) is 3.85. The minimum Gasteiger partial charge on any atom is -0.310 e. The fraction of sp³-hybridized carbons (Fsp3) is 0.0606. The van der Waals surface area contributed by atoms with Crippen molar-refractivity contribution in [3.05, 3.63) is 253 Å². The third-order valence-corrected chi connectivity index (χ3v) is 14.6. The molecule has 322 valence electrons. The number of hydrogen-bond acceptors (Lipinski definition) is 1. The maximum absolute atomic E-state index is 2.49. The molecule has 0 aliphatic heterocycles. The third-order valence-electron chi connectivity index (χ3n) is 14.6. The van der Waals surface area contributed by atoms with Gasteiger partial charge in [-0.1, -0.05) is 201 Å². The van der Waals surface area contributed by atoms with Gasteiger partial charge in [0.05, 0.1) is 16.7 Å². The lowest BCUT2D eigenvalue weighted by Gasteiger charge is -2.29. The van der Waals surface area contributed by atoms with Gasteiger partial charge in [-0.3, -0.25) is 0 Å². The summed E-state index contributed by atoms with van der Waals surface area (Å²) in [6, 6.07) is 87.6. The first-order valence-corrected chi connectivity index (χ1v) is 23.8. The minimum absolute atomic E-state index is 0.186. The maximum Gasteiger partial charge on any atom is 0.0562 e. The van der Waals surface area contributed by atoms with Gasteiger partial charge in [-0.2, -0.15) is 0 Å². The SMILES string of the molecule is Cc1cccc(-c2ccc(N(c3ccc4c(c3)C(C)(C)c3ccc5ccccc5c3-4)c3cccc4c3c3ccccc3n4-c3ccc(-c4ccccc4-c4cccc5ccccc45)cc3)cc2)c1. The van der Waals surface area contributed by atoms with Crippen LogP contribution >= 0.6 is 0 Å². The molecule has 0 amide bonds. The Bertz CT molecular complexity index is 3940. The molecule has 13 rings (SSSR count). The summed E-state index contributed by atoms with van der Waals surface area (Å²) in [6.07, 6.45) is 0. The summed E-state index contributed by atoms with van der Waals surface area (Å²) in [6.45, 7) is 6.94. The Morgan fingerprint density at radius 2 is 1.00 bits per heavy atom. The normalized spacial score (nSPS) is 12.8. The highest BCUT2D eigenvalue weighted by Gasteiger charge is 2.37. The smallest absolute Gasteiger partial charge is 0.0562 e. The number of rotatable bonds is 7. The standard InChI is InChI=1S/C66H48N2/c1-43-15-12-19-48(41-43)44-29-34-49(35-30-44)67(51-38-39-57-60(42-51)66(2,3)59-40-33-46-17-5-7-22-54(46)64(57)59)62-27-14-28-63-65(62)58-24-10-11-26-61(58)68(63)50-36-31-47(32-37-50)53-21-8-9-23-55(53)56-25-13-18-45-16-4-6-20-52(45)56/h4-42H,1-3H3. The summed E-state index contributed by atoms with van der Waals surface area (Å²) in [5, 5.41) is 7.53. The molecule has 0 radical (unpaired) electrons. The van der Waals surface area contributed by atoms with Crippen molar-refractivity contribution in [2.75, 3.05) is 4.90 Å². The van der Waals surface area contributed by atoms with E-state index in [4.69, 9.17) is 0 Å². The molecule has 2 heteroatoms. The van der Waals surface area contributed by atoms with Crippen molar-refractivity contribution in [1.29, 1.82) is 0 Å². The van der Waals surface area contributed by atoms with Crippen molar-refractivity contribution in [2.24, 2.45) is 0 Å². The highest BCUT2D eigenvalue weighted by molar-refractivity contribution is 6.17. The molecule has 12 aromatic rings. The second-order valence-electron chi connectivity index (χ2n) is 19.0.